The average Bonchev–Trinajstić information content (AvgIpc) is 2.89. The van der Waals surface area contributed by atoms with Gasteiger partial charge >= 0.3 is 12.1 Å². The molecule has 39 heavy (non-hydrogen) atoms. The molecule has 6 nitrogen and oxygen atoms in total. The van der Waals surface area contributed by atoms with Gasteiger partial charge in [-0.3, -0.25) is 4.79 Å². The zero-order chi connectivity index (χ0) is 28.4. The lowest BCUT2D eigenvalue weighted by Gasteiger charge is -2.20. The Labute approximate surface area is 224 Å². The van der Waals surface area contributed by atoms with E-state index in [2.05, 4.69) is 0 Å². The SMILES string of the molecule is CC(C)C(NS(=O)(=O)c1ccc(-c2ccc(OCc3ccc4ccccc4c3)cc2)cc1C(F)(F)F)C(=O)O. The maximum Gasteiger partial charge on any atom is 0.417 e. The molecule has 2 N–H and O–H groups in total. The molecule has 0 aliphatic heterocycles. The van der Waals surface area contributed by atoms with Gasteiger partial charge in [0.2, 0.25) is 10.0 Å². The van der Waals surface area contributed by atoms with Crippen molar-refractivity contribution in [2.45, 2.75) is 37.6 Å². The maximum atomic E-state index is 13.9. The third kappa shape index (κ3) is 6.58. The molecule has 0 amide bonds. The summed E-state index contributed by atoms with van der Waals surface area (Å²) < 4.78 is 75.0. The van der Waals surface area contributed by atoms with Crippen molar-refractivity contribution >= 4 is 26.8 Å². The molecular weight excluding hydrogens is 531 g/mol. The van der Waals surface area contributed by atoms with E-state index < -0.39 is 44.6 Å². The molecule has 4 aromatic rings. The molecule has 0 aromatic heterocycles. The normalized spacial score (nSPS) is 13.0. The Morgan fingerprint density at radius 1 is 0.897 bits per heavy atom. The second kappa shape index (κ2) is 11.1. The molecule has 0 bridgehead atoms. The minimum atomic E-state index is -5.00. The topological polar surface area (TPSA) is 92.7 Å². The number of alkyl halides is 3. The van der Waals surface area contributed by atoms with Crippen LogP contribution in [-0.2, 0) is 27.6 Å². The second-order valence-corrected chi connectivity index (χ2v) is 11.1. The predicted octanol–water partition coefficient (Wildman–Crippen LogP) is 6.49. The van der Waals surface area contributed by atoms with Crippen molar-refractivity contribution in [3.63, 3.8) is 0 Å². The molecule has 4 aromatic carbocycles. The third-order valence-corrected chi connectivity index (χ3v) is 7.70. The van der Waals surface area contributed by atoms with Crippen molar-refractivity contribution in [2.24, 2.45) is 5.92 Å². The van der Waals surface area contributed by atoms with Crippen LogP contribution < -0.4 is 9.46 Å². The van der Waals surface area contributed by atoms with E-state index in [1.807, 2.05) is 47.2 Å². The van der Waals surface area contributed by atoms with Gasteiger partial charge < -0.3 is 9.84 Å². The fourth-order valence-corrected chi connectivity index (χ4v) is 5.65. The van der Waals surface area contributed by atoms with E-state index in [0.717, 1.165) is 28.5 Å². The smallest absolute Gasteiger partial charge is 0.417 e. The monoisotopic (exact) mass is 557 g/mol. The molecular formula is C29H26F3NO5S. The highest BCUT2D eigenvalue weighted by Crippen LogP contribution is 2.37. The largest absolute Gasteiger partial charge is 0.489 e. The Bertz CT molecular complexity index is 1600. The van der Waals surface area contributed by atoms with E-state index in [1.54, 1.807) is 24.3 Å². The molecule has 0 radical (unpaired) electrons. The molecule has 0 fully saturated rings. The van der Waals surface area contributed by atoms with E-state index in [1.165, 1.54) is 19.9 Å². The van der Waals surface area contributed by atoms with Gasteiger partial charge in [0.25, 0.3) is 0 Å². The van der Waals surface area contributed by atoms with Crippen LogP contribution in [0.25, 0.3) is 21.9 Å². The van der Waals surface area contributed by atoms with Crippen LogP contribution >= 0.6 is 0 Å². The number of fused-ring (bicyclic) bond motifs is 1. The predicted molar refractivity (Wildman–Crippen MR) is 142 cm³/mol. The average molecular weight is 558 g/mol. The first-order valence-corrected chi connectivity index (χ1v) is 13.5. The minimum Gasteiger partial charge on any atom is -0.489 e. The quantitative estimate of drug-likeness (QED) is 0.245. The summed E-state index contributed by atoms with van der Waals surface area (Å²) in [5.74, 6) is -1.66. The third-order valence-electron chi connectivity index (χ3n) is 6.20. The summed E-state index contributed by atoms with van der Waals surface area (Å²) in [6.45, 7) is 3.20. The van der Waals surface area contributed by atoms with Gasteiger partial charge in [0, 0.05) is 0 Å². The van der Waals surface area contributed by atoms with E-state index in [-0.39, 0.29) is 5.56 Å². The molecule has 0 heterocycles. The summed E-state index contributed by atoms with van der Waals surface area (Å²) in [4.78, 5) is 10.4. The van der Waals surface area contributed by atoms with Crippen molar-refractivity contribution < 1.29 is 36.2 Å². The highest BCUT2D eigenvalue weighted by molar-refractivity contribution is 7.89. The maximum absolute atomic E-state index is 13.9. The molecule has 0 spiro atoms. The van der Waals surface area contributed by atoms with Crippen molar-refractivity contribution in [3.05, 3.63) is 96.1 Å². The van der Waals surface area contributed by atoms with Crippen molar-refractivity contribution in [1.82, 2.24) is 4.72 Å². The van der Waals surface area contributed by atoms with Gasteiger partial charge in [0.1, 0.15) is 18.4 Å². The Hall–Kier alpha value is -3.89. The summed E-state index contributed by atoms with van der Waals surface area (Å²) in [5.41, 5.74) is 0.125. The number of benzene rings is 4. The number of ether oxygens (including phenoxy) is 1. The number of halogens is 3. The highest BCUT2D eigenvalue weighted by Gasteiger charge is 2.39. The van der Waals surface area contributed by atoms with Gasteiger partial charge in [-0.25, -0.2) is 8.42 Å². The molecule has 204 valence electrons. The lowest BCUT2D eigenvalue weighted by Crippen LogP contribution is -2.44. The Balaban J connectivity index is 1.56. The van der Waals surface area contributed by atoms with Gasteiger partial charge in [-0.05, 0) is 63.7 Å². The molecule has 0 saturated heterocycles. The summed E-state index contributed by atoms with van der Waals surface area (Å²) in [6, 6.07) is 21.6. The van der Waals surface area contributed by atoms with E-state index in [9.17, 15) is 31.5 Å². The molecule has 10 heteroatoms. The molecule has 1 atom stereocenters. The minimum absolute atomic E-state index is 0.140. The number of sulfonamides is 1. The first kappa shape index (κ1) is 28.1. The molecule has 0 saturated carbocycles. The molecule has 1 unspecified atom stereocenters. The number of hydrogen-bond donors (Lipinski definition) is 2. The van der Waals surface area contributed by atoms with Crippen LogP contribution in [0, 0.1) is 5.92 Å². The molecule has 0 aliphatic carbocycles. The number of rotatable bonds is 9. The van der Waals surface area contributed by atoms with Crippen LogP contribution in [0.3, 0.4) is 0 Å². The first-order chi connectivity index (χ1) is 18.3. The summed E-state index contributed by atoms with van der Waals surface area (Å²) >= 11 is 0. The number of carboxylic acids is 1. The standard InChI is InChI=1S/C29H26F3NO5S/c1-18(2)27(28(34)35)33-39(36,37)26-14-11-23(16-25(26)29(30,31)32)21-9-12-24(13-10-21)38-17-19-7-8-20-5-3-4-6-22(20)15-19/h3-16,18,27,33H,17H2,1-2H3,(H,34,35). The zero-order valence-electron chi connectivity index (χ0n) is 21.1. The van der Waals surface area contributed by atoms with Crippen LogP contribution in [0.15, 0.2) is 89.8 Å². The summed E-state index contributed by atoms with van der Waals surface area (Å²) in [7, 11) is -4.79. The van der Waals surface area contributed by atoms with Gasteiger partial charge in [-0.1, -0.05) is 68.4 Å². The second-order valence-electron chi connectivity index (χ2n) is 9.38. The Morgan fingerprint density at radius 2 is 1.54 bits per heavy atom. The Kier molecular flexibility index (Phi) is 7.99. The van der Waals surface area contributed by atoms with Gasteiger partial charge in [0.15, 0.2) is 0 Å². The Morgan fingerprint density at radius 3 is 2.15 bits per heavy atom. The van der Waals surface area contributed by atoms with Crippen LogP contribution in [0.2, 0.25) is 0 Å². The lowest BCUT2D eigenvalue weighted by atomic mass is 10.0. The van der Waals surface area contributed by atoms with Gasteiger partial charge in [-0.2, -0.15) is 17.9 Å². The van der Waals surface area contributed by atoms with E-state index in [4.69, 9.17) is 4.74 Å². The number of carboxylic acid groups (broad SMARTS) is 1. The van der Waals surface area contributed by atoms with Crippen molar-refractivity contribution in [2.75, 3.05) is 0 Å². The fourth-order valence-electron chi connectivity index (χ4n) is 4.11. The summed E-state index contributed by atoms with van der Waals surface area (Å²) in [5, 5.41) is 11.5. The number of carbonyl (C=O) groups is 1. The fraction of sp³-hybridized carbons (Fsp3) is 0.207. The summed E-state index contributed by atoms with van der Waals surface area (Å²) in [6.07, 6.45) is -5.00. The number of hydrogen-bond acceptors (Lipinski definition) is 4. The number of nitrogens with one attached hydrogen (secondary N) is 1. The molecule has 0 aliphatic rings. The lowest BCUT2D eigenvalue weighted by molar-refractivity contribution is -0.140. The highest BCUT2D eigenvalue weighted by atomic mass is 32.2. The van der Waals surface area contributed by atoms with Crippen LogP contribution in [-0.4, -0.2) is 25.5 Å². The van der Waals surface area contributed by atoms with Crippen molar-refractivity contribution in [3.8, 4) is 16.9 Å². The molecule has 4 rings (SSSR count). The van der Waals surface area contributed by atoms with Crippen LogP contribution in [0.1, 0.15) is 25.0 Å². The van der Waals surface area contributed by atoms with Gasteiger partial charge in [-0.15, -0.1) is 0 Å². The van der Waals surface area contributed by atoms with Crippen molar-refractivity contribution in [1.29, 1.82) is 0 Å². The van der Waals surface area contributed by atoms with Gasteiger partial charge in [0.05, 0.1) is 10.5 Å². The van der Waals surface area contributed by atoms with E-state index >= 15 is 0 Å². The first-order valence-electron chi connectivity index (χ1n) is 12.0. The zero-order valence-corrected chi connectivity index (χ0v) is 21.9. The number of aliphatic carboxylic acids is 1. The van der Waals surface area contributed by atoms with Crippen LogP contribution in [0.5, 0.6) is 5.75 Å². The van der Waals surface area contributed by atoms with Crippen LogP contribution in [0.4, 0.5) is 13.2 Å². The van der Waals surface area contributed by atoms with E-state index in [0.29, 0.717) is 17.9 Å².